The van der Waals surface area contributed by atoms with E-state index in [0.717, 1.165) is 5.56 Å². The van der Waals surface area contributed by atoms with Crippen LogP contribution >= 0.6 is 11.6 Å². The highest BCUT2D eigenvalue weighted by atomic mass is 35.5. The largest absolute Gasteiger partial charge is 0.395 e. The number of carbonyl (C=O) groups is 1. The summed E-state index contributed by atoms with van der Waals surface area (Å²) < 4.78 is 0. The summed E-state index contributed by atoms with van der Waals surface area (Å²) in [5, 5.41) is 12.4. The van der Waals surface area contributed by atoms with Gasteiger partial charge in [0.2, 0.25) is 5.91 Å². The minimum atomic E-state index is -0.0715. The van der Waals surface area contributed by atoms with Crippen LogP contribution in [0.3, 0.4) is 0 Å². The summed E-state index contributed by atoms with van der Waals surface area (Å²) in [6.07, 6.45) is 0. The molecule has 0 fully saturated rings. The number of aliphatic hydroxyl groups is 1. The van der Waals surface area contributed by atoms with Crippen molar-refractivity contribution in [1.82, 2.24) is 10.2 Å². The number of aliphatic hydroxyl groups excluding tert-OH is 1. The number of carbonyl (C=O) groups excluding carboxylic acids is 1. The van der Waals surface area contributed by atoms with Crippen LogP contribution in [-0.2, 0) is 11.3 Å². The number of amides is 1. The van der Waals surface area contributed by atoms with Gasteiger partial charge >= 0.3 is 0 Å². The fourth-order valence-electron chi connectivity index (χ4n) is 1.43. The Hall–Kier alpha value is -1.10. The van der Waals surface area contributed by atoms with Crippen molar-refractivity contribution in [2.24, 2.45) is 0 Å². The van der Waals surface area contributed by atoms with Gasteiger partial charge < -0.3 is 10.4 Å². The third-order valence-electron chi connectivity index (χ3n) is 2.79. The number of rotatable bonds is 6. The van der Waals surface area contributed by atoms with Crippen LogP contribution in [0.25, 0.3) is 0 Å². The van der Waals surface area contributed by atoms with Crippen LogP contribution in [0.2, 0.25) is 5.02 Å². The minimum absolute atomic E-state index is 0.0260. The van der Waals surface area contributed by atoms with E-state index in [1.54, 1.807) is 18.0 Å². The van der Waals surface area contributed by atoms with Crippen molar-refractivity contribution >= 4 is 17.5 Å². The van der Waals surface area contributed by atoms with E-state index < -0.39 is 0 Å². The Labute approximate surface area is 113 Å². The number of benzene rings is 1. The quantitative estimate of drug-likeness (QED) is 0.819. The lowest BCUT2D eigenvalue weighted by Crippen LogP contribution is -2.40. The molecule has 0 spiro atoms. The molecule has 4 nitrogen and oxygen atoms in total. The fraction of sp³-hybridized carbons (Fsp3) is 0.462. The zero-order valence-electron chi connectivity index (χ0n) is 10.7. The molecule has 0 saturated carbocycles. The number of hydrogen-bond donors (Lipinski definition) is 2. The predicted molar refractivity (Wildman–Crippen MR) is 72.5 cm³/mol. The Morgan fingerprint density at radius 1 is 1.56 bits per heavy atom. The van der Waals surface area contributed by atoms with Crippen molar-refractivity contribution in [3.63, 3.8) is 0 Å². The first-order chi connectivity index (χ1) is 8.52. The first kappa shape index (κ1) is 15.0. The molecule has 0 aromatic heterocycles. The molecule has 0 aliphatic carbocycles. The number of hydrogen-bond acceptors (Lipinski definition) is 3. The SMILES string of the molecule is CC(CO)N(C)CC(=O)NCc1cccc(Cl)c1. The van der Waals surface area contributed by atoms with Gasteiger partial charge in [-0.15, -0.1) is 0 Å². The molecule has 0 radical (unpaired) electrons. The highest BCUT2D eigenvalue weighted by molar-refractivity contribution is 6.30. The molecule has 1 aromatic rings. The van der Waals surface area contributed by atoms with Crippen molar-refractivity contribution < 1.29 is 9.90 Å². The van der Waals surface area contributed by atoms with E-state index in [0.29, 0.717) is 11.6 Å². The van der Waals surface area contributed by atoms with Gasteiger partial charge in [0, 0.05) is 17.6 Å². The maximum Gasteiger partial charge on any atom is 0.234 e. The Morgan fingerprint density at radius 2 is 2.28 bits per heavy atom. The van der Waals surface area contributed by atoms with E-state index in [2.05, 4.69) is 5.32 Å². The van der Waals surface area contributed by atoms with Gasteiger partial charge in [0.1, 0.15) is 0 Å². The highest BCUT2D eigenvalue weighted by Gasteiger charge is 2.11. The molecule has 1 unspecified atom stereocenters. The van der Waals surface area contributed by atoms with E-state index in [1.807, 2.05) is 25.1 Å². The van der Waals surface area contributed by atoms with Crippen LogP contribution < -0.4 is 5.32 Å². The molecule has 1 amide bonds. The van der Waals surface area contributed by atoms with Crippen molar-refractivity contribution in [2.45, 2.75) is 19.5 Å². The van der Waals surface area contributed by atoms with E-state index in [-0.39, 0.29) is 25.1 Å². The first-order valence-electron chi connectivity index (χ1n) is 5.85. The summed E-state index contributed by atoms with van der Waals surface area (Å²) in [6.45, 7) is 2.63. The maximum absolute atomic E-state index is 11.7. The van der Waals surface area contributed by atoms with Crippen molar-refractivity contribution in [3.05, 3.63) is 34.9 Å². The standard InChI is InChI=1S/C13H19ClN2O2/c1-10(9-17)16(2)8-13(18)15-7-11-4-3-5-12(14)6-11/h3-6,10,17H,7-9H2,1-2H3,(H,15,18). The van der Waals surface area contributed by atoms with Gasteiger partial charge in [-0.3, -0.25) is 9.69 Å². The van der Waals surface area contributed by atoms with Crippen molar-refractivity contribution in [3.8, 4) is 0 Å². The molecule has 0 heterocycles. The fourth-order valence-corrected chi connectivity index (χ4v) is 1.64. The maximum atomic E-state index is 11.7. The number of nitrogens with zero attached hydrogens (tertiary/aromatic N) is 1. The van der Waals surface area contributed by atoms with Crippen LogP contribution in [0.4, 0.5) is 0 Å². The molecule has 0 aliphatic heterocycles. The second-order valence-electron chi connectivity index (χ2n) is 4.35. The van der Waals surface area contributed by atoms with Crippen LogP contribution in [0.5, 0.6) is 0 Å². The lowest BCUT2D eigenvalue weighted by atomic mass is 10.2. The summed E-state index contributed by atoms with van der Waals surface area (Å²) in [6, 6.07) is 7.35. The lowest BCUT2D eigenvalue weighted by Gasteiger charge is -2.21. The number of halogens is 1. The number of likely N-dealkylation sites (N-methyl/N-ethyl adjacent to an activating group) is 1. The Bertz CT molecular complexity index is 398. The van der Waals surface area contributed by atoms with Crippen molar-refractivity contribution in [2.75, 3.05) is 20.2 Å². The van der Waals surface area contributed by atoms with Crippen LogP contribution in [0.15, 0.2) is 24.3 Å². The van der Waals surface area contributed by atoms with Gasteiger partial charge in [-0.1, -0.05) is 23.7 Å². The second-order valence-corrected chi connectivity index (χ2v) is 4.79. The predicted octanol–water partition coefficient (Wildman–Crippen LogP) is 1.27. The Balaban J connectivity index is 2.37. The molecule has 0 saturated heterocycles. The summed E-state index contributed by atoms with van der Waals surface area (Å²) >= 11 is 5.86. The molecular weight excluding hydrogens is 252 g/mol. The normalized spacial score (nSPS) is 12.5. The average molecular weight is 271 g/mol. The molecule has 1 atom stereocenters. The average Bonchev–Trinajstić information content (AvgIpc) is 2.35. The zero-order chi connectivity index (χ0) is 13.5. The lowest BCUT2D eigenvalue weighted by molar-refractivity contribution is -0.122. The molecule has 0 aliphatic rings. The van der Waals surface area contributed by atoms with Crippen LogP contribution in [0.1, 0.15) is 12.5 Å². The zero-order valence-corrected chi connectivity index (χ0v) is 11.4. The topological polar surface area (TPSA) is 52.6 Å². The molecule has 1 aromatic carbocycles. The van der Waals surface area contributed by atoms with Gasteiger partial charge in [-0.05, 0) is 31.7 Å². The van der Waals surface area contributed by atoms with Crippen molar-refractivity contribution in [1.29, 1.82) is 0 Å². The summed E-state index contributed by atoms with van der Waals surface area (Å²) in [4.78, 5) is 13.5. The van der Waals surface area contributed by atoms with Gasteiger partial charge in [0.05, 0.1) is 13.2 Å². The molecule has 18 heavy (non-hydrogen) atoms. The highest BCUT2D eigenvalue weighted by Crippen LogP contribution is 2.10. The summed E-state index contributed by atoms with van der Waals surface area (Å²) in [5.74, 6) is -0.0715. The third-order valence-corrected chi connectivity index (χ3v) is 3.02. The number of nitrogens with one attached hydrogen (secondary N) is 1. The monoisotopic (exact) mass is 270 g/mol. The van der Waals surface area contributed by atoms with Crippen LogP contribution in [0, 0.1) is 0 Å². The Kier molecular flexibility index (Phi) is 6.12. The second kappa shape index (κ2) is 7.36. The molecule has 100 valence electrons. The van der Waals surface area contributed by atoms with E-state index in [9.17, 15) is 4.79 Å². The minimum Gasteiger partial charge on any atom is -0.395 e. The van der Waals surface area contributed by atoms with Gasteiger partial charge in [0.25, 0.3) is 0 Å². The van der Waals surface area contributed by atoms with Crippen LogP contribution in [-0.4, -0.2) is 42.2 Å². The molecule has 0 bridgehead atoms. The summed E-state index contributed by atoms with van der Waals surface area (Å²) in [7, 11) is 1.81. The molecule has 2 N–H and O–H groups in total. The smallest absolute Gasteiger partial charge is 0.234 e. The van der Waals surface area contributed by atoms with Gasteiger partial charge in [0.15, 0.2) is 0 Å². The molecule has 1 rings (SSSR count). The first-order valence-corrected chi connectivity index (χ1v) is 6.23. The molecule has 5 heteroatoms. The van der Waals surface area contributed by atoms with Gasteiger partial charge in [-0.25, -0.2) is 0 Å². The van der Waals surface area contributed by atoms with E-state index >= 15 is 0 Å². The van der Waals surface area contributed by atoms with E-state index in [1.165, 1.54) is 0 Å². The van der Waals surface area contributed by atoms with Gasteiger partial charge in [-0.2, -0.15) is 0 Å². The summed E-state index contributed by atoms with van der Waals surface area (Å²) in [5.41, 5.74) is 0.966. The molecular formula is C13H19ClN2O2. The van der Waals surface area contributed by atoms with E-state index in [4.69, 9.17) is 16.7 Å². The third kappa shape index (κ3) is 5.04. The Morgan fingerprint density at radius 3 is 2.89 bits per heavy atom.